The second kappa shape index (κ2) is 5.19. The topological polar surface area (TPSA) is 104 Å². The molecule has 1 heterocycles. The summed E-state index contributed by atoms with van der Waals surface area (Å²) in [7, 11) is 0. The molecule has 1 aliphatic heterocycles. The number of hydrogen-bond donors (Lipinski definition) is 3. The molecule has 112 valence electrons. The van der Waals surface area contributed by atoms with Gasteiger partial charge in [-0.3, -0.25) is 14.9 Å². The van der Waals surface area contributed by atoms with Crippen molar-refractivity contribution in [2.75, 3.05) is 5.32 Å². The lowest BCUT2D eigenvalue weighted by Gasteiger charge is -2.28. The van der Waals surface area contributed by atoms with Crippen LogP contribution < -0.4 is 10.6 Å². The molecule has 0 saturated carbocycles. The fourth-order valence-corrected chi connectivity index (χ4v) is 2.55. The second-order valence-corrected chi connectivity index (χ2v) is 5.15. The number of hydrogen-bond acceptors (Lipinski definition) is 5. The van der Waals surface area contributed by atoms with Crippen molar-refractivity contribution in [1.29, 1.82) is 0 Å². The molecule has 0 radical (unpaired) electrons. The van der Waals surface area contributed by atoms with Crippen LogP contribution in [0, 0.1) is 10.1 Å². The number of carbonyl (C=O) groups is 1. The van der Waals surface area contributed by atoms with E-state index in [1.165, 1.54) is 6.07 Å². The fraction of sp³-hybridized carbons (Fsp3) is 0.0714. The number of benzene rings is 2. The molecule has 7 nitrogen and oxygen atoms in total. The number of para-hydroxylation sites is 1. The average Bonchev–Trinajstić information content (AvgIpc) is 2.49. The second-order valence-electron chi connectivity index (χ2n) is 4.72. The molecule has 3 rings (SSSR count). The maximum absolute atomic E-state index is 12.1. The molecule has 0 spiro atoms. The van der Waals surface area contributed by atoms with E-state index in [0.717, 1.165) is 6.07 Å². The van der Waals surface area contributed by atoms with Crippen molar-refractivity contribution in [1.82, 2.24) is 5.32 Å². The van der Waals surface area contributed by atoms with Crippen LogP contribution in [-0.2, 0) is 0 Å². The highest BCUT2D eigenvalue weighted by Crippen LogP contribution is 2.38. The molecule has 1 aliphatic rings. The fourth-order valence-electron chi connectivity index (χ4n) is 2.33. The summed E-state index contributed by atoms with van der Waals surface area (Å²) >= 11 is 5.87. The summed E-state index contributed by atoms with van der Waals surface area (Å²) in [4.78, 5) is 22.3. The summed E-state index contributed by atoms with van der Waals surface area (Å²) in [5.74, 6) is -0.882. The molecular formula is C14H10ClN3O4. The number of carbonyl (C=O) groups excluding carboxylic acids is 1. The summed E-state index contributed by atoms with van der Waals surface area (Å²) in [5, 5.41) is 26.8. The Kier molecular flexibility index (Phi) is 3.34. The summed E-state index contributed by atoms with van der Waals surface area (Å²) in [6.45, 7) is 0. The number of anilines is 1. The molecule has 1 amide bonds. The molecule has 0 fully saturated rings. The lowest BCUT2D eigenvalue weighted by Crippen LogP contribution is -2.38. The molecular weight excluding hydrogens is 310 g/mol. The maximum Gasteiger partial charge on any atom is 0.312 e. The number of nitrogens with one attached hydrogen (secondary N) is 2. The van der Waals surface area contributed by atoms with Crippen LogP contribution >= 0.6 is 11.6 Å². The van der Waals surface area contributed by atoms with Gasteiger partial charge in [0.05, 0.1) is 10.5 Å². The van der Waals surface area contributed by atoms with Crippen molar-refractivity contribution in [2.45, 2.75) is 6.17 Å². The van der Waals surface area contributed by atoms with Crippen LogP contribution in [0.15, 0.2) is 36.4 Å². The summed E-state index contributed by atoms with van der Waals surface area (Å²) in [6.07, 6.45) is -0.820. The molecule has 2 aromatic carbocycles. The quantitative estimate of drug-likeness (QED) is 0.583. The van der Waals surface area contributed by atoms with Crippen molar-refractivity contribution in [3.8, 4) is 5.75 Å². The van der Waals surface area contributed by atoms with Crippen molar-refractivity contribution in [2.24, 2.45) is 0 Å². The Balaban J connectivity index is 2.07. The number of nitrogens with zero attached hydrogens (tertiary/aromatic N) is 1. The Morgan fingerprint density at radius 1 is 1.23 bits per heavy atom. The van der Waals surface area contributed by atoms with Gasteiger partial charge in [-0.25, -0.2) is 0 Å². The predicted octanol–water partition coefficient (Wildman–Crippen LogP) is 2.81. The smallest absolute Gasteiger partial charge is 0.312 e. The number of amides is 1. The largest absolute Gasteiger partial charge is 0.502 e. The molecule has 0 unspecified atom stereocenters. The van der Waals surface area contributed by atoms with E-state index in [1.54, 1.807) is 24.3 Å². The highest BCUT2D eigenvalue weighted by atomic mass is 35.5. The third-order valence-corrected chi connectivity index (χ3v) is 3.56. The van der Waals surface area contributed by atoms with Crippen LogP contribution in [-0.4, -0.2) is 15.9 Å². The molecule has 0 saturated heterocycles. The van der Waals surface area contributed by atoms with Crippen LogP contribution in [0.5, 0.6) is 5.75 Å². The van der Waals surface area contributed by atoms with Gasteiger partial charge < -0.3 is 15.7 Å². The maximum atomic E-state index is 12.1. The molecule has 1 atom stereocenters. The highest BCUT2D eigenvalue weighted by molar-refractivity contribution is 6.31. The normalized spacial score (nSPS) is 16.4. The van der Waals surface area contributed by atoms with E-state index in [0.29, 0.717) is 11.3 Å². The zero-order chi connectivity index (χ0) is 15.9. The lowest BCUT2D eigenvalue weighted by atomic mass is 10.0. The van der Waals surface area contributed by atoms with Gasteiger partial charge in [0.1, 0.15) is 6.17 Å². The number of halogens is 1. The molecule has 0 aliphatic carbocycles. The van der Waals surface area contributed by atoms with Gasteiger partial charge in [-0.15, -0.1) is 0 Å². The number of nitro groups is 1. The van der Waals surface area contributed by atoms with Crippen LogP contribution in [0.25, 0.3) is 0 Å². The Hall–Kier alpha value is -2.80. The third kappa shape index (κ3) is 2.31. The minimum atomic E-state index is -0.820. The number of nitro benzene ring substituents is 1. The monoisotopic (exact) mass is 319 g/mol. The SMILES string of the molecule is O=C1N[C@@H](c2cc(Cl)cc([N+](=O)[O-])c2O)Nc2ccccc21. The first-order valence-corrected chi connectivity index (χ1v) is 6.68. The van der Waals surface area contributed by atoms with Crippen molar-refractivity contribution >= 4 is 28.9 Å². The molecule has 8 heteroatoms. The van der Waals surface area contributed by atoms with Crippen LogP contribution in [0.3, 0.4) is 0 Å². The zero-order valence-corrected chi connectivity index (χ0v) is 11.8. The van der Waals surface area contributed by atoms with E-state index in [4.69, 9.17) is 11.6 Å². The van der Waals surface area contributed by atoms with E-state index in [2.05, 4.69) is 10.6 Å². The number of fused-ring (bicyclic) bond motifs is 1. The Morgan fingerprint density at radius 2 is 1.95 bits per heavy atom. The van der Waals surface area contributed by atoms with Gasteiger partial charge >= 0.3 is 5.69 Å². The Labute approximate surface area is 129 Å². The first-order chi connectivity index (χ1) is 10.5. The van der Waals surface area contributed by atoms with E-state index >= 15 is 0 Å². The van der Waals surface area contributed by atoms with Gasteiger partial charge in [0.25, 0.3) is 5.91 Å². The molecule has 22 heavy (non-hydrogen) atoms. The van der Waals surface area contributed by atoms with Gasteiger partial charge in [-0.1, -0.05) is 23.7 Å². The van der Waals surface area contributed by atoms with Gasteiger partial charge in [0.15, 0.2) is 0 Å². The lowest BCUT2D eigenvalue weighted by molar-refractivity contribution is -0.385. The Bertz CT molecular complexity index is 794. The minimum Gasteiger partial charge on any atom is -0.502 e. The van der Waals surface area contributed by atoms with E-state index in [9.17, 15) is 20.0 Å². The number of rotatable bonds is 2. The van der Waals surface area contributed by atoms with Crippen LogP contribution in [0.2, 0.25) is 5.02 Å². The van der Waals surface area contributed by atoms with Gasteiger partial charge in [-0.2, -0.15) is 0 Å². The number of phenolic OH excluding ortho intramolecular Hbond substituents is 1. The third-order valence-electron chi connectivity index (χ3n) is 3.34. The first-order valence-electron chi connectivity index (χ1n) is 6.30. The van der Waals surface area contributed by atoms with Crippen LogP contribution in [0.4, 0.5) is 11.4 Å². The van der Waals surface area contributed by atoms with Gasteiger partial charge in [0, 0.05) is 22.3 Å². The highest BCUT2D eigenvalue weighted by Gasteiger charge is 2.29. The van der Waals surface area contributed by atoms with E-state index in [1.807, 2.05) is 0 Å². The van der Waals surface area contributed by atoms with Crippen LogP contribution in [0.1, 0.15) is 22.1 Å². The summed E-state index contributed by atoms with van der Waals surface area (Å²) in [6, 6.07) is 9.25. The molecule has 0 aromatic heterocycles. The van der Waals surface area contributed by atoms with Gasteiger partial charge in [0.2, 0.25) is 5.75 Å². The average molecular weight is 320 g/mol. The standard InChI is InChI=1S/C14H10ClN3O4/c15-7-5-9(12(19)11(6-7)18(21)22)13-16-10-4-2-1-3-8(10)14(20)17-13/h1-6,13,16,19H,(H,17,20)/t13-/m0/s1. The summed E-state index contributed by atoms with van der Waals surface area (Å²) in [5.41, 5.74) is 0.632. The molecule has 3 N–H and O–H groups in total. The molecule has 0 bridgehead atoms. The van der Waals surface area contributed by atoms with Crippen molar-refractivity contribution in [3.63, 3.8) is 0 Å². The minimum absolute atomic E-state index is 0.0920. The number of phenols is 1. The van der Waals surface area contributed by atoms with Crippen molar-refractivity contribution < 1.29 is 14.8 Å². The van der Waals surface area contributed by atoms with E-state index < -0.39 is 22.5 Å². The summed E-state index contributed by atoms with van der Waals surface area (Å²) < 4.78 is 0. The van der Waals surface area contributed by atoms with Gasteiger partial charge in [-0.05, 0) is 18.2 Å². The predicted molar refractivity (Wildman–Crippen MR) is 80.0 cm³/mol. The molecule has 2 aromatic rings. The van der Waals surface area contributed by atoms with E-state index in [-0.39, 0.29) is 16.5 Å². The Morgan fingerprint density at radius 3 is 2.68 bits per heavy atom. The number of aromatic hydroxyl groups is 1. The first kappa shape index (κ1) is 14.2. The van der Waals surface area contributed by atoms with Crippen molar-refractivity contribution in [3.05, 3.63) is 62.7 Å². The zero-order valence-electron chi connectivity index (χ0n) is 11.0.